The molecule has 2 aromatic heterocycles. The van der Waals surface area contributed by atoms with Crippen LogP contribution in [0, 0.1) is 6.92 Å². The summed E-state index contributed by atoms with van der Waals surface area (Å²) in [5, 5.41) is 11.1. The quantitative estimate of drug-likeness (QED) is 0.900. The highest BCUT2D eigenvalue weighted by molar-refractivity contribution is 7.94. The first-order chi connectivity index (χ1) is 8.03. The number of thiophene rings is 1. The number of thiazole rings is 1. The molecule has 0 aliphatic heterocycles. The highest BCUT2D eigenvalue weighted by atomic mass is 32.2. The Morgan fingerprint density at radius 3 is 2.82 bits per heavy atom. The maximum absolute atomic E-state index is 12.0. The summed E-state index contributed by atoms with van der Waals surface area (Å²) in [6.07, 6.45) is 1.53. The van der Waals surface area contributed by atoms with Gasteiger partial charge in [0.1, 0.15) is 4.21 Å². The van der Waals surface area contributed by atoms with E-state index in [2.05, 4.69) is 9.71 Å². The van der Waals surface area contributed by atoms with Gasteiger partial charge in [0.05, 0.1) is 6.61 Å². The molecule has 0 saturated carbocycles. The molecule has 0 amide bonds. The van der Waals surface area contributed by atoms with Crippen molar-refractivity contribution in [2.45, 2.75) is 17.7 Å². The van der Waals surface area contributed by atoms with E-state index in [-0.39, 0.29) is 10.8 Å². The number of aromatic nitrogens is 1. The van der Waals surface area contributed by atoms with Crippen LogP contribution >= 0.6 is 22.7 Å². The predicted molar refractivity (Wildman–Crippen MR) is 67.9 cm³/mol. The van der Waals surface area contributed by atoms with E-state index in [1.807, 2.05) is 0 Å². The summed E-state index contributed by atoms with van der Waals surface area (Å²) in [5.41, 5.74) is 0.775. The summed E-state index contributed by atoms with van der Waals surface area (Å²) < 4.78 is 26.5. The smallest absolute Gasteiger partial charge is 0.273 e. The van der Waals surface area contributed by atoms with Crippen molar-refractivity contribution >= 4 is 37.8 Å². The number of hydrogen-bond acceptors (Lipinski definition) is 6. The van der Waals surface area contributed by atoms with Crippen LogP contribution in [0.15, 0.2) is 21.9 Å². The normalized spacial score (nSPS) is 11.6. The van der Waals surface area contributed by atoms with Crippen LogP contribution in [-0.4, -0.2) is 18.5 Å². The minimum atomic E-state index is -3.59. The first kappa shape index (κ1) is 12.5. The molecule has 92 valence electrons. The number of aliphatic hydroxyl groups excluding tert-OH is 1. The van der Waals surface area contributed by atoms with Gasteiger partial charge in [-0.05, 0) is 18.6 Å². The average Bonchev–Trinajstić information content (AvgIpc) is 2.87. The number of nitrogens with one attached hydrogen (secondary N) is 1. The standard InChI is InChI=1S/C9H10N2O3S3/c1-6-4-8(16-7(6)5-12)17(13,14)11-9-10-2-3-15-9/h2-4,12H,5H2,1H3,(H,10,11). The van der Waals surface area contributed by atoms with Gasteiger partial charge in [-0.1, -0.05) is 0 Å². The molecule has 0 aliphatic rings. The molecule has 0 saturated heterocycles. The summed E-state index contributed by atoms with van der Waals surface area (Å²) in [6.45, 7) is 1.62. The second kappa shape index (κ2) is 4.73. The second-order valence-electron chi connectivity index (χ2n) is 3.27. The molecule has 0 unspecified atom stereocenters. The minimum Gasteiger partial charge on any atom is -0.391 e. The lowest BCUT2D eigenvalue weighted by atomic mass is 10.3. The van der Waals surface area contributed by atoms with Crippen molar-refractivity contribution in [2.75, 3.05) is 4.72 Å². The Hall–Kier alpha value is -0.960. The number of aliphatic hydroxyl groups is 1. The van der Waals surface area contributed by atoms with Crippen molar-refractivity contribution in [3.05, 3.63) is 28.1 Å². The summed E-state index contributed by atoms with van der Waals surface area (Å²) in [7, 11) is -3.59. The number of aryl methyl sites for hydroxylation is 1. The molecule has 2 heterocycles. The molecule has 2 aromatic rings. The van der Waals surface area contributed by atoms with Crippen LogP contribution in [0.4, 0.5) is 5.13 Å². The predicted octanol–water partition coefficient (Wildman–Crippen LogP) is 1.81. The van der Waals surface area contributed by atoms with E-state index in [1.165, 1.54) is 17.5 Å². The van der Waals surface area contributed by atoms with Gasteiger partial charge in [0, 0.05) is 16.5 Å². The Morgan fingerprint density at radius 2 is 2.29 bits per heavy atom. The Labute approximate surface area is 107 Å². The Morgan fingerprint density at radius 1 is 1.53 bits per heavy atom. The van der Waals surface area contributed by atoms with E-state index >= 15 is 0 Å². The van der Waals surface area contributed by atoms with E-state index in [1.54, 1.807) is 18.4 Å². The van der Waals surface area contributed by atoms with Crippen LogP contribution in [-0.2, 0) is 16.6 Å². The summed E-state index contributed by atoms with van der Waals surface area (Å²) in [5.74, 6) is 0. The molecule has 2 N–H and O–H groups in total. The van der Waals surface area contributed by atoms with E-state index in [0.29, 0.717) is 10.0 Å². The van der Waals surface area contributed by atoms with Gasteiger partial charge in [-0.15, -0.1) is 22.7 Å². The van der Waals surface area contributed by atoms with Crippen LogP contribution < -0.4 is 4.72 Å². The first-order valence-electron chi connectivity index (χ1n) is 4.65. The van der Waals surface area contributed by atoms with E-state index in [0.717, 1.165) is 16.9 Å². The largest absolute Gasteiger partial charge is 0.391 e. The molecule has 0 radical (unpaired) electrons. The molecule has 0 aromatic carbocycles. The van der Waals surface area contributed by atoms with Crippen LogP contribution in [0.3, 0.4) is 0 Å². The number of sulfonamides is 1. The van der Waals surface area contributed by atoms with Gasteiger partial charge in [-0.25, -0.2) is 13.4 Å². The number of hydrogen-bond donors (Lipinski definition) is 2. The lowest BCUT2D eigenvalue weighted by molar-refractivity contribution is 0.285. The highest BCUT2D eigenvalue weighted by Gasteiger charge is 2.19. The van der Waals surface area contributed by atoms with Gasteiger partial charge >= 0.3 is 0 Å². The van der Waals surface area contributed by atoms with Gasteiger partial charge in [0.15, 0.2) is 5.13 Å². The highest BCUT2D eigenvalue weighted by Crippen LogP contribution is 2.27. The third kappa shape index (κ3) is 2.65. The monoisotopic (exact) mass is 290 g/mol. The van der Waals surface area contributed by atoms with Crippen LogP contribution in [0.25, 0.3) is 0 Å². The topological polar surface area (TPSA) is 79.3 Å². The average molecular weight is 290 g/mol. The third-order valence-electron chi connectivity index (χ3n) is 2.06. The molecule has 0 atom stereocenters. The summed E-state index contributed by atoms with van der Waals surface area (Å²) in [4.78, 5) is 4.52. The zero-order valence-corrected chi connectivity index (χ0v) is 11.3. The Balaban J connectivity index is 2.31. The van der Waals surface area contributed by atoms with E-state index in [9.17, 15) is 8.42 Å². The number of nitrogens with zero attached hydrogens (tertiary/aromatic N) is 1. The first-order valence-corrected chi connectivity index (χ1v) is 7.83. The van der Waals surface area contributed by atoms with Crippen molar-refractivity contribution < 1.29 is 13.5 Å². The minimum absolute atomic E-state index is 0.150. The summed E-state index contributed by atoms with van der Waals surface area (Å²) in [6, 6.07) is 1.55. The molecule has 17 heavy (non-hydrogen) atoms. The van der Waals surface area contributed by atoms with Gasteiger partial charge in [-0.3, -0.25) is 4.72 Å². The molecular formula is C9H10N2O3S3. The van der Waals surface area contributed by atoms with Crippen molar-refractivity contribution in [1.82, 2.24) is 4.98 Å². The van der Waals surface area contributed by atoms with Crippen LogP contribution in [0.5, 0.6) is 0 Å². The van der Waals surface area contributed by atoms with Crippen molar-refractivity contribution in [3.8, 4) is 0 Å². The molecule has 0 aliphatic carbocycles. The van der Waals surface area contributed by atoms with Crippen LogP contribution in [0.1, 0.15) is 10.4 Å². The van der Waals surface area contributed by atoms with Crippen molar-refractivity contribution in [2.24, 2.45) is 0 Å². The summed E-state index contributed by atoms with van der Waals surface area (Å²) >= 11 is 2.28. The van der Waals surface area contributed by atoms with Gasteiger partial charge in [-0.2, -0.15) is 0 Å². The lowest BCUT2D eigenvalue weighted by Gasteiger charge is -2.01. The zero-order valence-electron chi connectivity index (χ0n) is 8.87. The second-order valence-corrected chi connectivity index (χ2v) is 7.21. The van der Waals surface area contributed by atoms with Crippen molar-refractivity contribution in [1.29, 1.82) is 0 Å². The fraction of sp³-hybridized carbons (Fsp3) is 0.222. The number of rotatable bonds is 4. The van der Waals surface area contributed by atoms with E-state index in [4.69, 9.17) is 5.11 Å². The SMILES string of the molecule is Cc1cc(S(=O)(=O)Nc2nccs2)sc1CO. The molecular weight excluding hydrogens is 280 g/mol. The molecule has 5 nitrogen and oxygen atoms in total. The molecule has 8 heteroatoms. The van der Waals surface area contributed by atoms with Gasteiger partial charge in [0.2, 0.25) is 0 Å². The fourth-order valence-corrected chi connectivity index (χ4v) is 4.45. The van der Waals surface area contributed by atoms with Crippen molar-refractivity contribution in [3.63, 3.8) is 0 Å². The van der Waals surface area contributed by atoms with Gasteiger partial charge in [0.25, 0.3) is 10.0 Å². The van der Waals surface area contributed by atoms with Gasteiger partial charge < -0.3 is 5.11 Å². The maximum atomic E-state index is 12.0. The number of anilines is 1. The fourth-order valence-electron chi connectivity index (χ4n) is 1.22. The molecule has 0 fully saturated rings. The Kier molecular flexibility index (Phi) is 3.48. The van der Waals surface area contributed by atoms with Crippen LogP contribution in [0.2, 0.25) is 0 Å². The lowest BCUT2D eigenvalue weighted by Crippen LogP contribution is -2.11. The van der Waals surface area contributed by atoms with E-state index < -0.39 is 10.0 Å². The third-order valence-corrected chi connectivity index (χ3v) is 5.91. The zero-order chi connectivity index (χ0) is 12.5. The Bertz CT molecular complexity index is 601. The molecule has 2 rings (SSSR count). The molecule has 0 spiro atoms. The maximum Gasteiger partial charge on any atom is 0.273 e. The molecule has 0 bridgehead atoms.